The van der Waals surface area contributed by atoms with Crippen LogP contribution in [-0.4, -0.2) is 10.2 Å². The number of fused-ring (bicyclic) bond motifs is 1. The van der Waals surface area contributed by atoms with Gasteiger partial charge in [0, 0.05) is 11.1 Å². The number of hydrogen-bond acceptors (Lipinski definition) is 4. The third-order valence-corrected chi connectivity index (χ3v) is 3.83. The predicted octanol–water partition coefficient (Wildman–Crippen LogP) is 4.09. The lowest BCUT2D eigenvalue weighted by Crippen LogP contribution is -2.10. The summed E-state index contributed by atoms with van der Waals surface area (Å²) in [7, 11) is 0. The van der Waals surface area contributed by atoms with E-state index in [1.54, 1.807) is 18.2 Å². The highest BCUT2D eigenvalue weighted by atomic mass is 35.5. The molecule has 0 atom stereocenters. The molecule has 3 aromatic rings. The smallest absolute Gasteiger partial charge is 0.196 e. The average molecular weight is 317 g/mol. The van der Waals surface area contributed by atoms with E-state index in [0.717, 1.165) is 0 Å². The van der Waals surface area contributed by atoms with Gasteiger partial charge in [0.2, 0.25) is 0 Å². The Morgan fingerprint density at radius 3 is 2.59 bits per heavy atom. The van der Waals surface area contributed by atoms with Crippen LogP contribution >= 0.6 is 11.6 Å². The van der Waals surface area contributed by atoms with E-state index in [9.17, 15) is 15.0 Å². The Balaban J connectivity index is 2.35. The minimum Gasteiger partial charge on any atom is -0.508 e. The fourth-order valence-corrected chi connectivity index (χ4v) is 2.60. The summed E-state index contributed by atoms with van der Waals surface area (Å²) in [5.74, 6) is 0.409. The van der Waals surface area contributed by atoms with Crippen molar-refractivity contribution in [3.8, 4) is 22.8 Å². The Morgan fingerprint density at radius 2 is 1.91 bits per heavy atom. The SMILES string of the molecule is CCc1c(-c2ccc(O)c(Cl)c2)oc2ccc(O)cc2c1=O. The molecule has 0 spiro atoms. The van der Waals surface area contributed by atoms with Gasteiger partial charge in [0.1, 0.15) is 22.8 Å². The largest absolute Gasteiger partial charge is 0.508 e. The molecule has 0 radical (unpaired) electrons. The molecule has 0 bridgehead atoms. The molecule has 112 valence electrons. The summed E-state index contributed by atoms with van der Waals surface area (Å²) >= 11 is 5.94. The minimum absolute atomic E-state index is 0.0160. The van der Waals surface area contributed by atoms with Crippen LogP contribution in [-0.2, 0) is 6.42 Å². The first-order chi connectivity index (χ1) is 10.5. The van der Waals surface area contributed by atoms with E-state index < -0.39 is 0 Å². The van der Waals surface area contributed by atoms with E-state index in [-0.39, 0.29) is 22.0 Å². The van der Waals surface area contributed by atoms with Gasteiger partial charge in [0.25, 0.3) is 0 Å². The number of benzene rings is 2. The lowest BCUT2D eigenvalue weighted by Gasteiger charge is -2.09. The van der Waals surface area contributed by atoms with Crippen LogP contribution in [0.4, 0.5) is 0 Å². The van der Waals surface area contributed by atoms with Gasteiger partial charge in [-0.05, 0) is 42.8 Å². The van der Waals surface area contributed by atoms with E-state index in [2.05, 4.69) is 0 Å². The topological polar surface area (TPSA) is 70.7 Å². The van der Waals surface area contributed by atoms with Crippen LogP contribution in [0, 0.1) is 0 Å². The number of halogens is 1. The monoisotopic (exact) mass is 316 g/mol. The quantitative estimate of drug-likeness (QED) is 0.747. The minimum atomic E-state index is -0.182. The standard InChI is InChI=1S/C17H13ClO4/c1-2-11-16(21)12-8-10(19)4-6-15(12)22-17(11)9-3-5-14(20)13(18)7-9/h3-8,19-20H,2H2,1H3. The highest BCUT2D eigenvalue weighted by Gasteiger charge is 2.16. The zero-order chi connectivity index (χ0) is 15.9. The normalized spacial score (nSPS) is 11.0. The Kier molecular flexibility index (Phi) is 3.54. The molecule has 0 aliphatic carbocycles. The molecule has 0 fully saturated rings. The van der Waals surface area contributed by atoms with Crippen molar-refractivity contribution < 1.29 is 14.6 Å². The molecule has 2 N–H and O–H groups in total. The Hall–Kier alpha value is -2.46. The highest BCUT2D eigenvalue weighted by molar-refractivity contribution is 6.32. The third kappa shape index (κ3) is 2.31. The summed E-state index contributed by atoms with van der Waals surface area (Å²) in [6.07, 6.45) is 0.474. The first kappa shape index (κ1) is 14.5. The molecule has 4 nitrogen and oxygen atoms in total. The van der Waals surface area contributed by atoms with Crippen molar-refractivity contribution >= 4 is 22.6 Å². The van der Waals surface area contributed by atoms with E-state index in [0.29, 0.717) is 34.3 Å². The summed E-state index contributed by atoms with van der Waals surface area (Å²) in [5.41, 5.74) is 1.32. The Morgan fingerprint density at radius 1 is 1.14 bits per heavy atom. The van der Waals surface area contributed by atoms with Crippen molar-refractivity contribution in [2.45, 2.75) is 13.3 Å². The summed E-state index contributed by atoms with van der Waals surface area (Å²) in [4.78, 5) is 12.6. The van der Waals surface area contributed by atoms with Gasteiger partial charge >= 0.3 is 0 Å². The van der Waals surface area contributed by atoms with Gasteiger partial charge in [-0.1, -0.05) is 18.5 Å². The molecule has 1 heterocycles. The maximum Gasteiger partial charge on any atom is 0.196 e. The summed E-state index contributed by atoms with van der Waals surface area (Å²) < 4.78 is 5.85. The molecule has 2 aromatic carbocycles. The molecule has 0 saturated heterocycles. The number of aromatic hydroxyl groups is 2. The van der Waals surface area contributed by atoms with E-state index in [4.69, 9.17) is 16.0 Å². The van der Waals surface area contributed by atoms with Crippen molar-refractivity contribution in [3.05, 3.63) is 57.2 Å². The van der Waals surface area contributed by atoms with Crippen LogP contribution in [0.25, 0.3) is 22.3 Å². The number of phenolic OH excluding ortho intramolecular Hbond substituents is 2. The fraction of sp³-hybridized carbons (Fsp3) is 0.118. The lowest BCUT2D eigenvalue weighted by atomic mass is 10.0. The van der Waals surface area contributed by atoms with Gasteiger partial charge in [-0.25, -0.2) is 0 Å². The molecule has 0 amide bonds. The summed E-state index contributed by atoms with van der Waals surface area (Å²) in [6.45, 7) is 1.85. The second-order valence-electron chi connectivity index (χ2n) is 4.94. The number of rotatable bonds is 2. The molecule has 22 heavy (non-hydrogen) atoms. The highest BCUT2D eigenvalue weighted by Crippen LogP contribution is 2.32. The average Bonchev–Trinajstić information content (AvgIpc) is 2.50. The van der Waals surface area contributed by atoms with Crippen molar-refractivity contribution in [3.63, 3.8) is 0 Å². The van der Waals surface area contributed by atoms with Crippen LogP contribution in [0.15, 0.2) is 45.6 Å². The second kappa shape index (κ2) is 5.39. The Labute approximate surface area is 131 Å². The second-order valence-corrected chi connectivity index (χ2v) is 5.35. The molecule has 0 unspecified atom stereocenters. The zero-order valence-electron chi connectivity index (χ0n) is 11.8. The van der Waals surface area contributed by atoms with Gasteiger partial charge < -0.3 is 14.6 Å². The van der Waals surface area contributed by atoms with Crippen molar-refractivity contribution in [1.29, 1.82) is 0 Å². The van der Waals surface area contributed by atoms with Gasteiger partial charge in [-0.15, -0.1) is 0 Å². The first-order valence-corrected chi connectivity index (χ1v) is 7.16. The molecular formula is C17H13ClO4. The van der Waals surface area contributed by atoms with E-state index in [1.807, 2.05) is 6.92 Å². The molecule has 1 aromatic heterocycles. The zero-order valence-corrected chi connectivity index (χ0v) is 12.5. The Bertz CT molecular complexity index is 928. The van der Waals surface area contributed by atoms with E-state index in [1.165, 1.54) is 18.2 Å². The molecule has 0 aliphatic rings. The summed E-state index contributed by atoms with van der Waals surface area (Å²) in [6, 6.07) is 9.07. The maximum absolute atomic E-state index is 12.6. The molecular weight excluding hydrogens is 304 g/mol. The van der Waals surface area contributed by atoms with Crippen molar-refractivity contribution in [2.75, 3.05) is 0 Å². The predicted molar refractivity (Wildman–Crippen MR) is 85.6 cm³/mol. The third-order valence-electron chi connectivity index (χ3n) is 3.53. The van der Waals surface area contributed by atoms with Crippen LogP contribution in [0.5, 0.6) is 11.5 Å². The summed E-state index contributed by atoms with van der Waals surface area (Å²) in [5, 5.41) is 19.6. The van der Waals surface area contributed by atoms with Crippen LogP contribution in [0.2, 0.25) is 5.02 Å². The molecule has 0 saturated carbocycles. The first-order valence-electron chi connectivity index (χ1n) is 6.79. The van der Waals surface area contributed by atoms with Crippen molar-refractivity contribution in [1.82, 2.24) is 0 Å². The molecule has 0 aliphatic heterocycles. The molecule has 5 heteroatoms. The maximum atomic E-state index is 12.6. The number of phenols is 2. The van der Waals surface area contributed by atoms with Crippen LogP contribution in [0.1, 0.15) is 12.5 Å². The van der Waals surface area contributed by atoms with E-state index >= 15 is 0 Å². The van der Waals surface area contributed by atoms with Crippen molar-refractivity contribution in [2.24, 2.45) is 0 Å². The number of hydrogen-bond donors (Lipinski definition) is 2. The van der Waals surface area contributed by atoms with Gasteiger partial charge in [0.15, 0.2) is 5.43 Å². The fourth-order valence-electron chi connectivity index (χ4n) is 2.42. The van der Waals surface area contributed by atoms with Gasteiger partial charge in [0.05, 0.1) is 10.4 Å². The van der Waals surface area contributed by atoms with Gasteiger partial charge in [-0.3, -0.25) is 4.79 Å². The van der Waals surface area contributed by atoms with Gasteiger partial charge in [-0.2, -0.15) is 0 Å². The van der Waals surface area contributed by atoms with Crippen LogP contribution < -0.4 is 5.43 Å². The molecule has 3 rings (SSSR count). The van der Waals surface area contributed by atoms with Crippen LogP contribution in [0.3, 0.4) is 0 Å². The lowest BCUT2D eigenvalue weighted by molar-refractivity contribution is 0.474.